The third-order valence-corrected chi connectivity index (χ3v) is 4.66. The van der Waals surface area contributed by atoms with E-state index >= 15 is 0 Å². The van der Waals surface area contributed by atoms with Crippen LogP contribution in [-0.4, -0.2) is 16.0 Å². The maximum atomic E-state index is 12.0. The molecule has 0 atom stereocenters. The lowest BCUT2D eigenvalue weighted by molar-refractivity contribution is -0.115. The van der Waals surface area contributed by atoms with Crippen LogP contribution in [0.1, 0.15) is 11.3 Å². The summed E-state index contributed by atoms with van der Waals surface area (Å²) in [4.78, 5) is 16.2. The van der Waals surface area contributed by atoms with Gasteiger partial charge in [-0.2, -0.15) is 0 Å². The number of nitrogens with zero attached hydrogens (tertiary/aromatic N) is 1. The topological polar surface area (TPSA) is 67.2 Å². The smallest absolute Gasteiger partial charge is 0.250 e. The Morgan fingerprint density at radius 1 is 1.21 bits per heavy atom. The average Bonchev–Trinajstić information content (AvgIpc) is 3.11. The van der Waals surface area contributed by atoms with Gasteiger partial charge in [0.15, 0.2) is 5.11 Å². The van der Waals surface area contributed by atoms with Crippen molar-refractivity contribution in [3.8, 4) is 11.3 Å². The van der Waals surface area contributed by atoms with Crippen LogP contribution in [0.5, 0.6) is 0 Å². The lowest BCUT2D eigenvalue weighted by Crippen LogP contribution is -2.33. The molecule has 8 heteroatoms. The van der Waals surface area contributed by atoms with Gasteiger partial charge < -0.3 is 9.73 Å². The predicted molar refractivity (Wildman–Crippen MR) is 117 cm³/mol. The second-order valence-electron chi connectivity index (χ2n) is 5.80. The van der Waals surface area contributed by atoms with Crippen molar-refractivity contribution < 1.29 is 9.21 Å². The van der Waals surface area contributed by atoms with Crippen LogP contribution in [0.3, 0.4) is 0 Å². The van der Waals surface area contributed by atoms with Crippen LogP contribution in [0, 0.1) is 6.92 Å². The minimum absolute atomic E-state index is 0.151. The number of carbonyl (C=O) groups is 1. The molecule has 2 heterocycles. The van der Waals surface area contributed by atoms with Crippen LogP contribution in [0.2, 0.25) is 10.0 Å². The Bertz CT molecular complexity index is 1060. The van der Waals surface area contributed by atoms with E-state index in [1.54, 1.807) is 36.5 Å². The first-order valence-electron chi connectivity index (χ1n) is 8.19. The number of carbonyl (C=O) groups excluding carboxylic acids is 1. The molecule has 0 aliphatic carbocycles. The fraction of sp³-hybridized carbons (Fsp3) is 0.0500. The van der Waals surface area contributed by atoms with Gasteiger partial charge in [-0.3, -0.25) is 10.1 Å². The number of aromatic nitrogens is 1. The minimum atomic E-state index is -0.399. The van der Waals surface area contributed by atoms with Crippen LogP contribution >= 0.6 is 35.4 Å². The number of furan rings is 1. The number of anilines is 1. The lowest BCUT2D eigenvalue weighted by atomic mass is 10.2. The molecule has 0 radical (unpaired) electrons. The van der Waals surface area contributed by atoms with E-state index in [-0.39, 0.29) is 5.11 Å². The summed E-state index contributed by atoms with van der Waals surface area (Å²) in [7, 11) is 0. The highest BCUT2D eigenvalue weighted by Gasteiger charge is 2.10. The number of aryl methyl sites for hydroxylation is 1. The first-order chi connectivity index (χ1) is 13.4. The fourth-order valence-electron chi connectivity index (χ4n) is 2.34. The summed E-state index contributed by atoms with van der Waals surface area (Å²) in [6.07, 6.45) is 4.51. The van der Waals surface area contributed by atoms with E-state index in [4.69, 9.17) is 39.8 Å². The predicted octanol–water partition coefficient (Wildman–Crippen LogP) is 5.48. The molecular weight excluding hydrogens is 417 g/mol. The Hall–Kier alpha value is -2.67. The van der Waals surface area contributed by atoms with Gasteiger partial charge in [-0.05, 0) is 67.2 Å². The summed E-state index contributed by atoms with van der Waals surface area (Å²) in [5, 5.41) is 6.40. The quantitative estimate of drug-likeness (QED) is 0.422. The van der Waals surface area contributed by atoms with E-state index in [1.165, 1.54) is 12.2 Å². The normalized spacial score (nSPS) is 10.8. The zero-order chi connectivity index (χ0) is 20.1. The van der Waals surface area contributed by atoms with Crippen molar-refractivity contribution in [2.24, 2.45) is 0 Å². The molecule has 28 heavy (non-hydrogen) atoms. The van der Waals surface area contributed by atoms with E-state index in [1.807, 2.05) is 19.1 Å². The minimum Gasteiger partial charge on any atom is -0.457 e. The molecule has 2 N–H and O–H groups in total. The van der Waals surface area contributed by atoms with Gasteiger partial charge in [0.1, 0.15) is 17.3 Å². The van der Waals surface area contributed by atoms with Gasteiger partial charge in [0, 0.05) is 17.8 Å². The molecule has 2 aromatic heterocycles. The second-order valence-corrected chi connectivity index (χ2v) is 6.99. The first kappa shape index (κ1) is 20.1. The van der Waals surface area contributed by atoms with Gasteiger partial charge in [-0.25, -0.2) is 4.98 Å². The van der Waals surface area contributed by atoms with Crippen molar-refractivity contribution in [2.45, 2.75) is 6.92 Å². The number of amides is 1. The highest BCUT2D eigenvalue weighted by molar-refractivity contribution is 7.80. The van der Waals surface area contributed by atoms with E-state index in [0.29, 0.717) is 32.9 Å². The number of thiocarbonyl (C=S) groups is 1. The maximum absolute atomic E-state index is 12.0. The van der Waals surface area contributed by atoms with Gasteiger partial charge in [0.25, 0.3) is 0 Å². The Balaban J connectivity index is 1.61. The molecule has 0 spiro atoms. The molecule has 3 rings (SSSR count). The Labute approximate surface area is 177 Å². The van der Waals surface area contributed by atoms with Crippen molar-refractivity contribution in [1.29, 1.82) is 0 Å². The van der Waals surface area contributed by atoms with Crippen LogP contribution < -0.4 is 10.6 Å². The SMILES string of the molecule is Cc1ccnc(NC(=S)NC(=O)C=Cc2ccc(-c3cccc(Cl)c3Cl)o2)c1. The van der Waals surface area contributed by atoms with E-state index in [9.17, 15) is 4.79 Å². The van der Waals surface area contributed by atoms with Crippen LogP contribution in [0.4, 0.5) is 5.82 Å². The first-order valence-corrected chi connectivity index (χ1v) is 9.36. The molecule has 0 saturated carbocycles. The van der Waals surface area contributed by atoms with Crippen LogP contribution in [-0.2, 0) is 4.79 Å². The molecule has 0 aliphatic rings. The molecule has 0 unspecified atom stereocenters. The van der Waals surface area contributed by atoms with Gasteiger partial charge in [-0.1, -0.05) is 29.3 Å². The number of nitrogens with one attached hydrogen (secondary N) is 2. The fourth-order valence-corrected chi connectivity index (χ4v) is 2.94. The summed E-state index contributed by atoms with van der Waals surface area (Å²) >= 11 is 17.3. The summed E-state index contributed by atoms with van der Waals surface area (Å²) in [6, 6.07) is 12.4. The zero-order valence-corrected chi connectivity index (χ0v) is 17.0. The second kappa shape index (κ2) is 9.01. The zero-order valence-electron chi connectivity index (χ0n) is 14.7. The van der Waals surface area contributed by atoms with Crippen molar-refractivity contribution in [3.63, 3.8) is 0 Å². The molecule has 142 valence electrons. The van der Waals surface area contributed by atoms with E-state index in [0.717, 1.165) is 5.56 Å². The number of halogens is 2. The van der Waals surface area contributed by atoms with Crippen molar-refractivity contribution in [3.05, 3.63) is 76.1 Å². The summed E-state index contributed by atoms with van der Waals surface area (Å²) in [5.74, 6) is 1.20. The lowest BCUT2D eigenvalue weighted by Gasteiger charge is -2.07. The number of hydrogen-bond donors (Lipinski definition) is 2. The van der Waals surface area contributed by atoms with Crippen LogP contribution in [0.25, 0.3) is 17.4 Å². The summed E-state index contributed by atoms with van der Waals surface area (Å²) in [6.45, 7) is 1.94. The average molecular weight is 432 g/mol. The number of hydrogen-bond acceptors (Lipinski definition) is 4. The Morgan fingerprint density at radius 2 is 2.04 bits per heavy atom. The number of benzene rings is 1. The maximum Gasteiger partial charge on any atom is 0.250 e. The molecule has 1 aromatic carbocycles. The molecule has 1 amide bonds. The number of rotatable bonds is 4. The van der Waals surface area contributed by atoms with Gasteiger partial charge >= 0.3 is 0 Å². The van der Waals surface area contributed by atoms with Crippen LogP contribution in [0.15, 0.2) is 59.2 Å². The molecule has 0 aliphatic heterocycles. The van der Waals surface area contributed by atoms with Crippen molar-refractivity contribution >= 4 is 58.3 Å². The molecular formula is C20H15Cl2N3O2S. The largest absolute Gasteiger partial charge is 0.457 e. The summed E-state index contributed by atoms with van der Waals surface area (Å²) < 4.78 is 5.70. The van der Waals surface area contributed by atoms with E-state index in [2.05, 4.69) is 15.6 Å². The highest BCUT2D eigenvalue weighted by Crippen LogP contribution is 2.34. The third kappa shape index (κ3) is 5.19. The monoisotopic (exact) mass is 431 g/mol. The van der Waals surface area contributed by atoms with Crippen molar-refractivity contribution in [2.75, 3.05) is 5.32 Å². The molecule has 3 aromatic rings. The van der Waals surface area contributed by atoms with E-state index < -0.39 is 5.91 Å². The Morgan fingerprint density at radius 3 is 2.82 bits per heavy atom. The third-order valence-electron chi connectivity index (χ3n) is 3.64. The number of pyridine rings is 1. The summed E-state index contributed by atoms with van der Waals surface area (Å²) in [5.41, 5.74) is 1.70. The molecule has 5 nitrogen and oxygen atoms in total. The molecule has 0 bridgehead atoms. The highest BCUT2D eigenvalue weighted by atomic mass is 35.5. The standard InChI is InChI=1S/C20H15Cl2N3O2S/c1-12-9-10-23-17(11-12)24-20(28)25-18(26)8-6-13-5-7-16(27-13)14-3-2-4-15(21)19(14)22/h2-11H,1H3,(H2,23,24,25,26,28). The Kier molecular flexibility index (Phi) is 6.46. The van der Waals surface area contributed by atoms with Gasteiger partial charge in [0.2, 0.25) is 5.91 Å². The van der Waals surface area contributed by atoms with Crippen molar-refractivity contribution in [1.82, 2.24) is 10.3 Å². The molecule has 0 fully saturated rings. The molecule has 0 saturated heterocycles. The van der Waals surface area contributed by atoms with Gasteiger partial charge in [0.05, 0.1) is 10.0 Å². The van der Waals surface area contributed by atoms with Gasteiger partial charge in [-0.15, -0.1) is 0 Å².